The van der Waals surface area contributed by atoms with Crippen molar-refractivity contribution in [1.29, 1.82) is 0 Å². The highest BCUT2D eigenvalue weighted by molar-refractivity contribution is 5.86. The average molecular weight is 274 g/mol. The van der Waals surface area contributed by atoms with Crippen LogP contribution in [0.2, 0.25) is 0 Å². The molecule has 0 radical (unpaired) electrons. The summed E-state index contributed by atoms with van der Waals surface area (Å²) in [6.45, 7) is 3.94. The molecule has 0 aliphatic carbocycles. The van der Waals surface area contributed by atoms with Gasteiger partial charge in [0.05, 0.1) is 18.9 Å². The van der Waals surface area contributed by atoms with Crippen molar-refractivity contribution in [2.75, 3.05) is 6.54 Å². The van der Waals surface area contributed by atoms with Crippen LogP contribution >= 0.6 is 0 Å². The second kappa shape index (κ2) is 9.32. The molecule has 19 heavy (non-hydrogen) atoms. The molecule has 0 aromatic rings. The van der Waals surface area contributed by atoms with Gasteiger partial charge in [0.15, 0.2) is 0 Å². The predicted molar refractivity (Wildman–Crippen MR) is 68.3 cm³/mol. The van der Waals surface area contributed by atoms with E-state index in [1.165, 1.54) is 0 Å². The zero-order chi connectivity index (χ0) is 14.8. The van der Waals surface area contributed by atoms with Crippen LogP contribution in [0, 0.1) is 0 Å². The zero-order valence-electron chi connectivity index (χ0n) is 11.3. The van der Waals surface area contributed by atoms with E-state index >= 15 is 0 Å². The number of esters is 1. The summed E-state index contributed by atoms with van der Waals surface area (Å²) >= 11 is 0. The minimum Gasteiger partial charge on any atom is -0.481 e. The van der Waals surface area contributed by atoms with Crippen molar-refractivity contribution in [2.24, 2.45) is 5.73 Å². The first kappa shape index (κ1) is 17.4. The lowest BCUT2D eigenvalue weighted by Crippen LogP contribution is -2.42. The molecule has 0 spiro atoms. The number of carboxylic acid groups (broad SMARTS) is 1. The van der Waals surface area contributed by atoms with E-state index in [1.54, 1.807) is 0 Å². The molecule has 110 valence electrons. The molecular formula is C12H22N2O5. The van der Waals surface area contributed by atoms with Crippen LogP contribution in [-0.4, -0.2) is 41.6 Å². The Bertz CT molecular complexity index is 315. The summed E-state index contributed by atoms with van der Waals surface area (Å²) in [7, 11) is 0. The van der Waals surface area contributed by atoms with E-state index in [-0.39, 0.29) is 25.0 Å². The number of ether oxygens (including phenoxy) is 1. The summed E-state index contributed by atoms with van der Waals surface area (Å²) in [6, 6.07) is -1.10. The van der Waals surface area contributed by atoms with E-state index in [9.17, 15) is 14.4 Å². The third kappa shape index (κ3) is 8.15. The van der Waals surface area contributed by atoms with Crippen LogP contribution in [0.4, 0.5) is 0 Å². The standard InChI is InChI=1S/C12H22N2O5/c1-3-8(4-2)19-11(17)5-6-14-12(18)9(13)7-10(15)16/h8-9H,3-7,13H2,1-2H3,(H,14,18)(H,15,16). The van der Waals surface area contributed by atoms with E-state index in [1.807, 2.05) is 13.8 Å². The fraction of sp³-hybridized carbons (Fsp3) is 0.750. The number of hydrogen-bond acceptors (Lipinski definition) is 5. The lowest BCUT2D eigenvalue weighted by Gasteiger charge is -2.14. The zero-order valence-corrected chi connectivity index (χ0v) is 11.3. The third-order valence-corrected chi connectivity index (χ3v) is 2.57. The fourth-order valence-corrected chi connectivity index (χ4v) is 1.40. The van der Waals surface area contributed by atoms with Crippen LogP contribution in [0.25, 0.3) is 0 Å². The Balaban J connectivity index is 3.86. The summed E-state index contributed by atoms with van der Waals surface area (Å²) in [5.41, 5.74) is 5.35. The van der Waals surface area contributed by atoms with Gasteiger partial charge in [-0.15, -0.1) is 0 Å². The Morgan fingerprint density at radius 3 is 2.32 bits per heavy atom. The summed E-state index contributed by atoms with van der Waals surface area (Å²) in [5.74, 6) is -2.12. The van der Waals surface area contributed by atoms with Gasteiger partial charge in [-0.05, 0) is 12.8 Å². The molecule has 0 fully saturated rings. The molecule has 0 saturated heterocycles. The van der Waals surface area contributed by atoms with Gasteiger partial charge in [-0.2, -0.15) is 0 Å². The lowest BCUT2D eigenvalue weighted by atomic mass is 10.2. The predicted octanol–water partition coefficient (Wildman–Crippen LogP) is 0.0265. The molecule has 7 nitrogen and oxygen atoms in total. The molecule has 0 aliphatic heterocycles. The third-order valence-electron chi connectivity index (χ3n) is 2.57. The molecule has 0 saturated carbocycles. The Kier molecular flexibility index (Phi) is 8.52. The number of aliphatic carboxylic acids is 1. The summed E-state index contributed by atoms with van der Waals surface area (Å²) < 4.78 is 5.14. The van der Waals surface area contributed by atoms with Gasteiger partial charge in [0, 0.05) is 6.54 Å². The summed E-state index contributed by atoms with van der Waals surface area (Å²) in [5, 5.41) is 10.9. The van der Waals surface area contributed by atoms with Gasteiger partial charge in [0.2, 0.25) is 5.91 Å². The first-order chi connectivity index (χ1) is 8.90. The lowest BCUT2D eigenvalue weighted by molar-refractivity contribution is -0.149. The highest BCUT2D eigenvalue weighted by Gasteiger charge is 2.17. The molecule has 0 heterocycles. The molecule has 0 bridgehead atoms. The van der Waals surface area contributed by atoms with Crippen molar-refractivity contribution < 1.29 is 24.2 Å². The highest BCUT2D eigenvalue weighted by atomic mass is 16.5. The van der Waals surface area contributed by atoms with Gasteiger partial charge in [0.1, 0.15) is 6.10 Å². The van der Waals surface area contributed by atoms with Crippen LogP contribution in [0.3, 0.4) is 0 Å². The van der Waals surface area contributed by atoms with Gasteiger partial charge in [-0.25, -0.2) is 0 Å². The highest BCUT2D eigenvalue weighted by Crippen LogP contribution is 2.03. The minimum atomic E-state index is -1.14. The number of hydrogen-bond donors (Lipinski definition) is 3. The largest absolute Gasteiger partial charge is 0.481 e. The van der Waals surface area contributed by atoms with Crippen molar-refractivity contribution in [3.63, 3.8) is 0 Å². The monoisotopic (exact) mass is 274 g/mol. The molecule has 0 aromatic carbocycles. The number of amides is 1. The Morgan fingerprint density at radius 2 is 1.84 bits per heavy atom. The molecule has 7 heteroatoms. The fourth-order valence-electron chi connectivity index (χ4n) is 1.40. The van der Waals surface area contributed by atoms with E-state index in [4.69, 9.17) is 15.6 Å². The molecular weight excluding hydrogens is 252 g/mol. The Labute approximate surface area is 112 Å². The number of carbonyl (C=O) groups excluding carboxylic acids is 2. The van der Waals surface area contributed by atoms with Crippen LogP contribution in [0.1, 0.15) is 39.5 Å². The van der Waals surface area contributed by atoms with Gasteiger partial charge in [-0.1, -0.05) is 13.8 Å². The van der Waals surface area contributed by atoms with Crippen molar-refractivity contribution in [1.82, 2.24) is 5.32 Å². The maximum atomic E-state index is 11.4. The van der Waals surface area contributed by atoms with Crippen LogP contribution in [0.15, 0.2) is 0 Å². The first-order valence-corrected chi connectivity index (χ1v) is 6.35. The smallest absolute Gasteiger partial charge is 0.307 e. The maximum absolute atomic E-state index is 11.4. The van der Waals surface area contributed by atoms with E-state index in [0.717, 1.165) is 12.8 Å². The Morgan fingerprint density at radius 1 is 1.26 bits per heavy atom. The number of nitrogens with two attached hydrogens (primary N) is 1. The number of nitrogens with one attached hydrogen (secondary N) is 1. The van der Waals surface area contributed by atoms with Gasteiger partial charge in [-0.3, -0.25) is 14.4 Å². The molecule has 0 aliphatic rings. The topological polar surface area (TPSA) is 119 Å². The molecule has 1 unspecified atom stereocenters. The van der Waals surface area contributed by atoms with Crippen molar-refractivity contribution in [3.8, 4) is 0 Å². The second-order valence-corrected chi connectivity index (χ2v) is 4.17. The summed E-state index contributed by atoms with van der Waals surface area (Å²) in [6.07, 6.45) is 1.000. The van der Waals surface area contributed by atoms with E-state index in [0.29, 0.717) is 0 Å². The maximum Gasteiger partial charge on any atom is 0.307 e. The number of rotatable bonds is 9. The van der Waals surface area contributed by atoms with Crippen LogP contribution in [-0.2, 0) is 19.1 Å². The molecule has 0 aromatic heterocycles. The average Bonchev–Trinajstić information content (AvgIpc) is 2.34. The summed E-state index contributed by atoms with van der Waals surface area (Å²) in [4.78, 5) is 33.1. The van der Waals surface area contributed by atoms with Crippen LogP contribution < -0.4 is 11.1 Å². The molecule has 0 rings (SSSR count). The number of carbonyl (C=O) groups is 3. The first-order valence-electron chi connectivity index (χ1n) is 6.35. The van der Waals surface area contributed by atoms with Gasteiger partial charge in [0.25, 0.3) is 0 Å². The van der Waals surface area contributed by atoms with Gasteiger partial charge < -0.3 is 20.9 Å². The SMILES string of the molecule is CCC(CC)OC(=O)CCNC(=O)C(N)CC(=O)O. The van der Waals surface area contributed by atoms with Crippen molar-refractivity contribution in [3.05, 3.63) is 0 Å². The number of carboxylic acids is 1. The molecule has 4 N–H and O–H groups in total. The van der Waals surface area contributed by atoms with Crippen molar-refractivity contribution in [2.45, 2.75) is 51.7 Å². The van der Waals surface area contributed by atoms with Crippen molar-refractivity contribution >= 4 is 17.8 Å². The van der Waals surface area contributed by atoms with E-state index < -0.39 is 24.3 Å². The Hall–Kier alpha value is -1.63. The normalized spacial score (nSPS) is 12.0. The van der Waals surface area contributed by atoms with Crippen LogP contribution in [0.5, 0.6) is 0 Å². The molecule has 1 atom stereocenters. The van der Waals surface area contributed by atoms with E-state index in [2.05, 4.69) is 5.32 Å². The van der Waals surface area contributed by atoms with Gasteiger partial charge >= 0.3 is 11.9 Å². The quantitative estimate of drug-likeness (QED) is 0.510. The second-order valence-electron chi connectivity index (χ2n) is 4.17. The molecule has 1 amide bonds. The minimum absolute atomic E-state index is 0.0437.